The topological polar surface area (TPSA) is 37.4 Å². The number of pyridine rings is 1. The molecule has 0 amide bonds. The first-order chi connectivity index (χ1) is 10.2. The van der Waals surface area contributed by atoms with Crippen LogP contribution < -0.4 is 5.32 Å². The third-order valence-electron chi connectivity index (χ3n) is 4.06. The molecule has 0 aliphatic carbocycles. The highest BCUT2D eigenvalue weighted by molar-refractivity contribution is 5.10. The maximum absolute atomic E-state index is 13.0. The number of nitrogens with one attached hydrogen (secondary N) is 1. The third kappa shape index (κ3) is 5.02. The molecule has 2 atom stereocenters. The first-order valence-electron chi connectivity index (χ1n) is 7.79. The highest BCUT2D eigenvalue weighted by Crippen LogP contribution is 2.20. The summed E-state index contributed by atoms with van der Waals surface area (Å²) < 4.78 is 18.2. The van der Waals surface area contributed by atoms with E-state index in [1.807, 2.05) is 0 Å². The van der Waals surface area contributed by atoms with Crippen molar-refractivity contribution in [3.05, 3.63) is 29.8 Å². The van der Waals surface area contributed by atoms with Gasteiger partial charge in [-0.15, -0.1) is 0 Å². The number of ether oxygens (including phenoxy) is 1. The SMILES string of the molecule is CCNC(CCN1CCC(COC)C1)c1ccc(F)cn1. The number of likely N-dealkylation sites (tertiary alicyclic amines) is 1. The van der Waals surface area contributed by atoms with Crippen LogP contribution >= 0.6 is 0 Å². The van der Waals surface area contributed by atoms with Gasteiger partial charge in [-0.1, -0.05) is 6.92 Å². The van der Waals surface area contributed by atoms with Gasteiger partial charge in [0.15, 0.2) is 0 Å². The molecule has 0 aromatic carbocycles. The van der Waals surface area contributed by atoms with Crippen molar-refractivity contribution in [1.29, 1.82) is 0 Å². The van der Waals surface area contributed by atoms with Crippen LogP contribution in [0.3, 0.4) is 0 Å². The summed E-state index contributed by atoms with van der Waals surface area (Å²) in [6, 6.07) is 3.45. The molecule has 5 heteroatoms. The predicted octanol–water partition coefficient (Wildman–Crippen LogP) is 2.23. The van der Waals surface area contributed by atoms with Crippen LogP contribution in [0.1, 0.15) is 31.5 Å². The standard InChI is InChI=1S/C16H26FN3O/c1-3-18-16(15-5-4-14(17)10-19-15)7-9-20-8-6-13(11-20)12-21-2/h4-5,10,13,16,18H,3,6-9,11-12H2,1-2H3. The Morgan fingerprint density at radius 3 is 3.05 bits per heavy atom. The largest absolute Gasteiger partial charge is 0.384 e. The number of hydrogen-bond acceptors (Lipinski definition) is 4. The van der Waals surface area contributed by atoms with Crippen molar-refractivity contribution in [3.8, 4) is 0 Å². The van der Waals surface area contributed by atoms with Crippen LogP contribution in [-0.2, 0) is 4.74 Å². The fourth-order valence-corrected chi connectivity index (χ4v) is 2.99. The molecule has 2 heterocycles. The third-order valence-corrected chi connectivity index (χ3v) is 4.06. The Bertz CT molecular complexity index is 412. The van der Waals surface area contributed by atoms with Gasteiger partial charge in [0, 0.05) is 20.2 Å². The second-order valence-corrected chi connectivity index (χ2v) is 5.71. The average Bonchev–Trinajstić information content (AvgIpc) is 2.93. The summed E-state index contributed by atoms with van der Waals surface area (Å²) in [5.41, 5.74) is 0.922. The lowest BCUT2D eigenvalue weighted by Crippen LogP contribution is -2.29. The van der Waals surface area contributed by atoms with Gasteiger partial charge in [-0.3, -0.25) is 4.98 Å². The van der Waals surface area contributed by atoms with Gasteiger partial charge in [-0.05, 0) is 44.0 Å². The molecule has 1 aliphatic rings. The van der Waals surface area contributed by atoms with E-state index >= 15 is 0 Å². The zero-order valence-electron chi connectivity index (χ0n) is 13.0. The molecule has 1 aromatic rings. The van der Waals surface area contributed by atoms with Crippen molar-refractivity contribution >= 4 is 0 Å². The maximum Gasteiger partial charge on any atom is 0.141 e. The summed E-state index contributed by atoms with van der Waals surface area (Å²) in [4.78, 5) is 6.69. The molecule has 0 saturated carbocycles. The molecule has 1 aromatic heterocycles. The van der Waals surface area contributed by atoms with Gasteiger partial charge in [-0.2, -0.15) is 0 Å². The smallest absolute Gasteiger partial charge is 0.141 e. The van der Waals surface area contributed by atoms with Crippen molar-refractivity contribution in [1.82, 2.24) is 15.2 Å². The molecular weight excluding hydrogens is 269 g/mol. The molecule has 4 nitrogen and oxygen atoms in total. The van der Waals surface area contributed by atoms with E-state index in [4.69, 9.17) is 4.74 Å². The number of nitrogens with zero attached hydrogens (tertiary/aromatic N) is 2. The Kier molecular flexibility index (Phi) is 6.54. The minimum absolute atomic E-state index is 0.192. The minimum Gasteiger partial charge on any atom is -0.384 e. The molecule has 2 rings (SSSR count). The van der Waals surface area contributed by atoms with Crippen LogP contribution in [0, 0.1) is 11.7 Å². The zero-order valence-corrected chi connectivity index (χ0v) is 13.0. The molecule has 1 aliphatic heterocycles. The molecule has 2 unspecified atom stereocenters. The number of rotatable bonds is 8. The molecule has 1 fully saturated rings. The van der Waals surface area contributed by atoms with Gasteiger partial charge in [0.05, 0.1) is 24.5 Å². The Morgan fingerprint density at radius 2 is 2.38 bits per heavy atom. The van der Waals surface area contributed by atoms with E-state index in [9.17, 15) is 4.39 Å². The van der Waals surface area contributed by atoms with E-state index in [0.717, 1.165) is 44.9 Å². The number of hydrogen-bond donors (Lipinski definition) is 1. The van der Waals surface area contributed by atoms with Crippen molar-refractivity contribution in [2.45, 2.75) is 25.8 Å². The van der Waals surface area contributed by atoms with Gasteiger partial charge < -0.3 is 15.0 Å². The Labute approximate surface area is 126 Å². The van der Waals surface area contributed by atoms with Crippen molar-refractivity contribution in [3.63, 3.8) is 0 Å². The normalized spacial score (nSPS) is 20.8. The first-order valence-corrected chi connectivity index (χ1v) is 7.79. The number of halogens is 1. The van der Waals surface area contributed by atoms with Crippen molar-refractivity contribution in [2.24, 2.45) is 5.92 Å². The Hall–Kier alpha value is -1.04. The van der Waals surface area contributed by atoms with Crippen LogP contribution in [0.4, 0.5) is 4.39 Å². The van der Waals surface area contributed by atoms with Gasteiger partial charge in [-0.25, -0.2) is 4.39 Å². The molecule has 1 N–H and O–H groups in total. The fraction of sp³-hybridized carbons (Fsp3) is 0.688. The molecular formula is C16H26FN3O. The zero-order chi connectivity index (χ0) is 15.1. The summed E-state index contributed by atoms with van der Waals surface area (Å²) in [6.45, 7) is 7.12. The van der Waals surface area contributed by atoms with Crippen LogP contribution in [0.5, 0.6) is 0 Å². The summed E-state index contributed by atoms with van der Waals surface area (Å²) in [5.74, 6) is 0.382. The lowest BCUT2D eigenvalue weighted by Gasteiger charge is -2.22. The Balaban J connectivity index is 1.84. The van der Waals surface area contributed by atoms with E-state index in [1.54, 1.807) is 13.2 Å². The van der Waals surface area contributed by atoms with Gasteiger partial charge in [0.1, 0.15) is 5.82 Å². The summed E-state index contributed by atoms with van der Waals surface area (Å²) in [5, 5.41) is 3.44. The second kappa shape index (κ2) is 8.41. The van der Waals surface area contributed by atoms with Crippen molar-refractivity contribution < 1.29 is 9.13 Å². The first kappa shape index (κ1) is 16.3. The number of aromatic nitrogens is 1. The quantitative estimate of drug-likeness (QED) is 0.798. The molecule has 0 spiro atoms. The molecule has 118 valence electrons. The highest BCUT2D eigenvalue weighted by atomic mass is 19.1. The van der Waals surface area contributed by atoms with Gasteiger partial charge >= 0.3 is 0 Å². The van der Waals surface area contributed by atoms with E-state index in [-0.39, 0.29) is 11.9 Å². The number of methoxy groups -OCH3 is 1. The van der Waals surface area contributed by atoms with Crippen LogP contribution in [0.15, 0.2) is 18.3 Å². The lowest BCUT2D eigenvalue weighted by molar-refractivity contribution is 0.152. The summed E-state index contributed by atoms with van der Waals surface area (Å²) >= 11 is 0. The average molecular weight is 295 g/mol. The van der Waals surface area contributed by atoms with E-state index in [1.165, 1.54) is 18.7 Å². The van der Waals surface area contributed by atoms with Crippen LogP contribution in [0.2, 0.25) is 0 Å². The Morgan fingerprint density at radius 1 is 1.52 bits per heavy atom. The van der Waals surface area contributed by atoms with Gasteiger partial charge in [0.25, 0.3) is 0 Å². The summed E-state index contributed by atoms with van der Waals surface area (Å²) in [7, 11) is 1.77. The van der Waals surface area contributed by atoms with E-state index < -0.39 is 0 Å². The van der Waals surface area contributed by atoms with E-state index in [2.05, 4.69) is 22.1 Å². The van der Waals surface area contributed by atoms with Crippen molar-refractivity contribution in [2.75, 3.05) is 39.9 Å². The van der Waals surface area contributed by atoms with E-state index in [0.29, 0.717) is 5.92 Å². The molecule has 0 bridgehead atoms. The minimum atomic E-state index is -0.282. The maximum atomic E-state index is 13.0. The fourth-order valence-electron chi connectivity index (χ4n) is 2.99. The monoisotopic (exact) mass is 295 g/mol. The van der Waals surface area contributed by atoms with Crippen LogP contribution in [0.25, 0.3) is 0 Å². The molecule has 21 heavy (non-hydrogen) atoms. The molecule has 0 radical (unpaired) electrons. The van der Waals surface area contributed by atoms with Crippen LogP contribution in [-0.4, -0.2) is 49.8 Å². The second-order valence-electron chi connectivity index (χ2n) is 5.71. The highest BCUT2D eigenvalue weighted by Gasteiger charge is 2.23. The predicted molar refractivity (Wildman–Crippen MR) is 81.7 cm³/mol. The van der Waals surface area contributed by atoms with Gasteiger partial charge in [0.2, 0.25) is 0 Å². The summed E-state index contributed by atoms with van der Waals surface area (Å²) in [6.07, 6.45) is 3.50. The lowest BCUT2D eigenvalue weighted by atomic mass is 10.1. The molecule has 1 saturated heterocycles.